The highest BCUT2D eigenvalue weighted by atomic mass is 35.5. The third-order valence-electron chi connectivity index (χ3n) is 4.64. The number of halogens is 7. The molecule has 1 heterocycles. The number of aromatic nitrogens is 2. The van der Waals surface area contributed by atoms with Crippen molar-refractivity contribution in [3.63, 3.8) is 0 Å². The third kappa shape index (κ3) is 4.52. The van der Waals surface area contributed by atoms with Gasteiger partial charge in [0.15, 0.2) is 5.69 Å². The van der Waals surface area contributed by atoms with Crippen LogP contribution in [0.4, 0.5) is 32.0 Å². The Hall–Kier alpha value is -3.21. The Morgan fingerprint density at radius 1 is 1.03 bits per heavy atom. The summed E-state index contributed by atoms with van der Waals surface area (Å²) in [6.45, 7) is 0. The Labute approximate surface area is 182 Å². The summed E-state index contributed by atoms with van der Waals surface area (Å²) in [4.78, 5) is 13.6. The van der Waals surface area contributed by atoms with Gasteiger partial charge in [0.25, 0.3) is 5.91 Å². The van der Waals surface area contributed by atoms with E-state index < -0.39 is 40.3 Å². The number of anilines is 1. The fraction of sp³-hybridized carbons (Fsp3) is 0.200. The first-order chi connectivity index (χ1) is 14.7. The summed E-state index contributed by atoms with van der Waals surface area (Å²) < 4.78 is 78.8. The number of carbonyl (C=O) groups is 1. The number of rotatable bonds is 3. The van der Waals surface area contributed by atoms with E-state index in [4.69, 9.17) is 11.6 Å². The molecule has 0 aliphatic rings. The number of phenolic OH excluding ortho intramolecular Hbond substituents is 1. The lowest BCUT2D eigenvalue weighted by Crippen LogP contribution is -2.26. The maximum atomic E-state index is 13.1. The molecule has 1 aromatic heterocycles. The average Bonchev–Trinajstić information content (AvgIpc) is 3.08. The normalized spacial score (nSPS) is 12.2. The largest absolute Gasteiger partial charge is 0.507 e. The first kappa shape index (κ1) is 23.5. The van der Waals surface area contributed by atoms with Crippen molar-refractivity contribution in [2.75, 3.05) is 11.9 Å². The molecule has 0 fully saturated rings. The van der Waals surface area contributed by atoms with Gasteiger partial charge in [0.2, 0.25) is 0 Å². The van der Waals surface area contributed by atoms with Crippen molar-refractivity contribution >= 4 is 23.2 Å². The highest BCUT2D eigenvalue weighted by molar-refractivity contribution is 6.31. The molecule has 5 nitrogen and oxygen atoms in total. The van der Waals surface area contributed by atoms with Crippen molar-refractivity contribution in [2.45, 2.75) is 12.4 Å². The van der Waals surface area contributed by atoms with E-state index in [1.54, 1.807) is 0 Å². The molecule has 0 aliphatic carbocycles. The highest BCUT2D eigenvalue weighted by Crippen LogP contribution is 2.37. The second-order valence-electron chi connectivity index (χ2n) is 6.79. The molecule has 1 N–H and O–H groups in total. The van der Waals surface area contributed by atoms with Crippen molar-refractivity contribution in [3.05, 3.63) is 64.3 Å². The lowest BCUT2D eigenvalue weighted by molar-refractivity contribution is -0.141. The first-order valence-corrected chi connectivity index (χ1v) is 9.17. The molecule has 0 atom stereocenters. The molecule has 170 valence electrons. The Morgan fingerprint density at radius 2 is 1.69 bits per heavy atom. The Kier molecular flexibility index (Phi) is 5.90. The summed E-state index contributed by atoms with van der Waals surface area (Å²) in [5.74, 6) is -1.27. The van der Waals surface area contributed by atoms with Gasteiger partial charge in [-0.05, 0) is 36.4 Å². The quantitative estimate of drug-likeness (QED) is 0.488. The molecule has 0 bridgehead atoms. The zero-order valence-electron chi connectivity index (χ0n) is 16.4. The van der Waals surface area contributed by atoms with Gasteiger partial charge in [-0.25, -0.2) is 0 Å². The monoisotopic (exact) mass is 477 g/mol. The summed E-state index contributed by atoms with van der Waals surface area (Å²) in [6, 6.07) is 7.15. The number of carbonyl (C=O) groups excluding carboxylic acids is 1. The fourth-order valence-corrected chi connectivity index (χ4v) is 3.21. The molecule has 0 unspecified atom stereocenters. The van der Waals surface area contributed by atoms with Crippen LogP contribution in [0.2, 0.25) is 5.02 Å². The zero-order chi connectivity index (χ0) is 24.0. The number of amides is 1. The van der Waals surface area contributed by atoms with E-state index in [2.05, 4.69) is 5.10 Å². The highest BCUT2D eigenvalue weighted by Gasteiger charge is 2.35. The van der Waals surface area contributed by atoms with Gasteiger partial charge in [0.05, 0.1) is 16.3 Å². The van der Waals surface area contributed by atoms with Gasteiger partial charge in [-0.15, -0.1) is 0 Å². The van der Waals surface area contributed by atoms with Crippen LogP contribution in [0.5, 0.6) is 5.75 Å². The molecule has 0 saturated carbocycles. The summed E-state index contributed by atoms with van der Waals surface area (Å²) >= 11 is 5.57. The molecular weight excluding hydrogens is 464 g/mol. The van der Waals surface area contributed by atoms with Crippen molar-refractivity contribution in [2.24, 2.45) is 7.05 Å². The topological polar surface area (TPSA) is 58.4 Å². The summed E-state index contributed by atoms with van der Waals surface area (Å²) in [5.41, 5.74) is -2.52. The number of alkyl halides is 6. The van der Waals surface area contributed by atoms with Gasteiger partial charge in [-0.2, -0.15) is 31.4 Å². The zero-order valence-corrected chi connectivity index (χ0v) is 17.1. The standard InChI is InChI=1S/C20H14ClF6N3O2/c1-29(18(32)10-3-6-14(21)13(7-10)19(22,23)24)11-4-5-12(16(31)8-11)15-9-17(20(25,26)27)28-30(15)2/h3-9,31H,1-2H3. The number of aromatic hydroxyl groups is 1. The van der Waals surface area contributed by atoms with E-state index in [9.17, 15) is 36.2 Å². The number of aryl methyl sites for hydroxylation is 1. The minimum absolute atomic E-state index is 0.0194. The van der Waals surface area contributed by atoms with Crippen LogP contribution in [0.25, 0.3) is 11.3 Å². The number of hydrogen-bond acceptors (Lipinski definition) is 3. The summed E-state index contributed by atoms with van der Waals surface area (Å²) in [7, 11) is 2.54. The third-order valence-corrected chi connectivity index (χ3v) is 4.97. The van der Waals surface area contributed by atoms with Crippen LogP contribution in [0, 0.1) is 0 Å². The van der Waals surface area contributed by atoms with E-state index in [1.165, 1.54) is 26.2 Å². The smallest absolute Gasteiger partial charge is 0.435 e. The van der Waals surface area contributed by atoms with Gasteiger partial charge in [0, 0.05) is 37.0 Å². The maximum Gasteiger partial charge on any atom is 0.435 e. The second kappa shape index (κ2) is 8.05. The van der Waals surface area contributed by atoms with Crippen LogP contribution in [0.1, 0.15) is 21.6 Å². The van der Waals surface area contributed by atoms with Gasteiger partial charge in [0.1, 0.15) is 5.75 Å². The molecule has 32 heavy (non-hydrogen) atoms. The van der Waals surface area contributed by atoms with Gasteiger partial charge < -0.3 is 10.0 Å². The molecule has 0 aliphatic heterocycles. The van der Waals surface area contributed by atoms with E-state index in [0.29, 0.717) is 6.07 Å². The fourth-order valence-electron chi connectivity index (χ4n) is 2.99. The van der Waals surface area contributed by atoms with Gasteiger partial charge in [-0.1, -0.05) is 11.6 Å². The van der Waals surface area contributed by atoms with Crippen LogP contribution < -0.4 is 4.90 Å². The predicted molar refractivity (Wildman–Crippen MR) is 104 cm³/mol. The summed E-state index contributed by atoms with van der Waals surface area (Å²) in [6.07, 6.45) is -9.43. The Balaban J connectivity index is 1.93. The van der Waals surface area contributed by atoms with Crippen LogP contribution in [-0.2, 0) is 19.4 Å². The van der Waals surface area contributed by atoms with E-state index in [0.717, 1.165) is 33.8 Å². The molecular formula is C20H14ClF6N3O2. The van der Waals surface area contributed by atoms with Crippen LogP contribution in [-0.4, -0.2) is 27.8 Å². The molecule has 2 aromatic carbocycles. The lowest BCUT2D eigenvalue weighted by Gasteiger charge is -2.19. The minimum atomic E-state index is -4.76. The van der Waals surface area contributed by atoms with Crippen molar-refractivity contribution in [1.29, 1.82) is 0 Å². The first-order valence-electron chi connectivity index (χ1n) is 8.79. The Bertz CT molecular complexity index is 1190. The minimum Gasteiger partial charge on any atom is -0.507 e. The molecule has 1 amide bonds. The van der Waals surface area contributed by atoms with Crippen LogP contribution in [0.3, 0.4) is 0 Å². The van der Waals surface area contributed by atoms with Crippen molar-refractivity contribution in [3.8, 4) is 17.0 Å². The average molecular weight is 478 g/mol. The molecule has 3 aromatic rings. The lowest BCUT2D eigenvalue weighted by atomic mass is 10.1. The number of nitrogens with zero attached hydrogens (tertiary/aromatic N) is 3. The second-order valence-corrected chi connectivity index (χ2v) is 7.20. The van der Waals surface area contributed by atoms with E-state index >= 15 is 0 Å². The maximum absolute atomic E-state index is 13.1. The number of benzene rings is 2. The van der Waals surface area contributed by atoms with Crippen molar-refractivity contribution in [1.82, 2.24) is 9.78 Å². The van der Waals surface area contributed by atoms with Gasteiger partial charge in [-0.3, -0.25) is 9.48 Å². The van der Waals surface area contributed by atoms with E-state index in [-0.39, 0.29) is 22.5 Å². The molecule has 12 heteroatoms. The van der Waals surface area contributed by atoms with E-state index in [1.807, 2.05) is 0 Å². The number of hydrogen-bond donors (Lipinski definition) is 1. The molecule has 0 radical (unpaired) electrons. The SMILES string of the molecule is CN(C(=O)c1ccc(Cl)c(C(F)(F)F)c1)c1ccc(-c2cc(C(F)(F)F)nn2C)c(O)c1. The predicted octanol–water partition coefficient (Wildman–Crippen LogP) is 5.76. The van der Waals surface area contributed by atoms with Crippen molar-refractivity contribution < 1.29 is 36.2 Å². The van der Waals surface area contributed by atoms with Gasteiger partial charge >= 0.3 is 12.4 Å². The molecule has 0 saturated heterocycles. The summed E-state index contributed by atoms with van der Waals surface area (Å²) in [5, 5.41) is 13.2. The van der Waals surface area contributed by atoms with Crippen LogP contribution in [0.15, 0.2) is 42.5 Å². The Morgan fingerprint density at radius 3 is 2.22 bits per heavy atom. The molecule has 3 rings (SSSR count). The van der Waals surface area contributed by atoms with Crippen LogP contribution >= 0.6 is 11.6 Å². The number of phenols is 1. The molecule has 0 spiro atoms.